The highest BCUT2D eigenvalue weighted by Gasteiger charge is 2.35. The highest BCUT2D eigenvalue weighted by atomic mass is 32.1. The average molecular weight is 256 g/mol. The first-order valence-electron chi connectivity index (χ1n) is 5.59. The molecule has 0 bridgehead atoms. The molecule has 0 amide bonds. The van der Waals surface area contributed by atoms with Gasteiger partial charge in [0.25, 0.3) is 0 Å². The van der Waals surface area contributed by atoms with Crippen LogP contribution in [0.3, 0.4) is 0 Å². The number of benzene rings is 1. The van der Waals surface area contributed by atoms with E-state index in [0.29, 0.717) is 5.92 Å². The number of nitrogens with two attached hydrogens (primary N) is 1. The van der Waals surface area contributed by atoms with Gasteiger partial charge in [-0.3, -0.25) is 0 Å². The maximum atomic E-state index is 13.7. The molecule has 1 saturated carbocycles. The van der Waals surface area contributed by atoms with Gasteiger partial charge < -0.3 is 11.1 Å². The van der Waals surface area contributed by atoms with E-state index in [9.17, 15) is 8.78 Å². The monoisotopic (exact) mass is 256 g/mol. The van der Waals surface area contributed by atoms with Crippen molar-refractivity contribution in [1.29, 1.82) is 0 Å². The minimum atomic E-state index is -0.976. The van der Waals surface area contributed by atoms with Crippen LogP contribution in [0.5, 0.6) is 0 Å². The summed E-state index contributed by atoms with van der Waals surface area (Å²) in [5.41, 5.74) is 5.43. The molecule has 0 heterocycles. The van der Waals surface area contributed by atoms with E-state index in [1.165, 1.54) is 12.1 Å². The lowest BCUT2D eigenvalue weighted by Crippen LogP contribution is -2.14. The first-order valence-corrected chi connectivity index (χ1v) is 5.99. The lowest BCUT2D eigenvalue weighted by Gasteiger charge is -2.09. The highest BCUT2D eigenvalue weighted by molar-refractivity contribution is 7.80. The smallest absolute Gasteiger partial charge is 0.182 e. The molecule has 2 unspecified atom stereocenters. The van der Waals surface area contributed by atoms with Gasteiger partial charge >= 0.3 is 0 Å². The summed E-state index contributed by atoms with van der Waals surface area (Å²) in [5, 5.41) is 2.99. The summed E-state index contributed by atoms with van der Waals surface area (Å²) in [7, 11) is 0. The zero-order chi connectivity index (χ0) is 12.6. The van der Waals surface area contributed by atoms with Gasteiger partial charge in [0.15, 0.2) is 11.6 Å². The molecule has 92 valence electrons. The zero-order valence-corrected chi connectivity index (χ0v) is 10.3. The van der Waals surface area contributed by atoms with Crippen LogP contribution in [-0.2, 0) is 0 Å². The highest BCUT2D eigenvalue weighted by Crippen LogP contribution is 2.37. The van der Waals surface area contributed by atoms with E-state index in [1.54, 1.807) is 0 Å². The quantitative estimate of drug-likeness (QED) is 0.814. The van der Waals surface area contributed by atoms with Crippen LogP contribution in [0.15, 0.2) is 12.1 Å². The summed E-state index contributed by atoms with van der Waals surface area (Å²) >= 11 is 4.64. The van der Waals surface area contributed by atoms with Crippen molar-refractivity contribution >= 4 is 22.9 Å². The van der Waals surface area contributed by atoms with E-state index in [1.807, 2.05) is 0 Å². The van der Waals surface area contributed by atoms with Gasteiger partial charge in [-0.05, 0) is 24.5 Å². The Balaban J connectivity index is 2.19. The van der Waals surface area contributed by atoms with Gasteiger partial charge in [0, 0.05) is 11.6 Å². The fraction of sp³-hybridized carbons (Fsp3) is 0.417. The van der Waals surface area contributed by atoms with Gasteiger partial charge in [-0.15, -0.1) is 0 Å². The molecule has 1 aliphatic rings. The van der Waals surface area contributed by atoms with Gasteiger partial charge in [0.1, 0.15) is 4.99 Å². The minimum Gasteiger partial charge on any atom is -0.389 e. The second-order valence-corrected chi connectivity index (χ2v) is 4.75. The normalized spacial score (nSPS) is 22.3. The van der Waals surface area contributed by atoms with Gasteiger partial charge in [-0.2, -0.15) is 0 Å². The predicted molar refractivity (Wildman–Crippen MR) is 68.1 cm³/mol. The maximum absolute atomic E-state index is 13.7. The van der Waals surface area contributed by atoms with Crippen molar-refractivity contribution in [3.63, 3.8) is 0 Å². The molecule has 2 nitrogen and oxygen atoms in total. The Morgan fingerprint density at radius 3 is 2.71 bits per heavy atom. The summed E-state index contributed by atoms with van der Waals surface area (Å²) in [4.78, 5) is -0.134. The predicted octanol–water partition coefficient (Wildman–Crippen LogP) is 2.81. The third-order valence-corrected chi connectivity index (χ3v) is 3.36. The van der Waals surface area contributed by atoms with Crippen LogP contribution in [0.2, 0.25) is 0 Å². The van der Waals surface area contributed by atoms with E-state index in [4.69, 9.17) is 5.73 Å². The molecule has 0 aliphatic heterocycles. The van der Waals surface area contributed by atoms with Gasteiger partial charge in [0.05, 0.1) is 5.69 Å². The number of halogens is 2. The summed E-state index contributed by atoms with van der Waals surface area (Å²) in [6, 6.07) is 3.15. The maximum Gasteiger partial charge on any atom is 0.182 e. The van der Waals surface area contributed by atoms with Crippen LogP contribution in [-0.4, -0.2) is 11.0 Å². The number of nitrogens with one attached hydrogen (secondary N) is 1. The Kier molecular flexibility index (Phi) is 3.28. The molecule has 1 aliphatic carbocycles. The van der Waals surface area contributed by atoms with E-state index in [-0.39, 0.29) is 22.3 Å². The van der Waals surface area contributed by atoms with Gasteiger partial charge in [0.2, 0.25) is 0 Å². The third-order valence-electron chi connectivity index (χ3n) is 3.14. The molecule has 1 aromatic rings. The second-order valence-electron chi connectivity index (χ2n) is 4.31. The molecular formula is C12H14F2N2S. The van der Waals surface area contributed by atoms with Crippen molar-refractivity contribution in [2.45, 2.75) is 25.8 Å². The van der Waals surface area contributed by atoms with E-state index in [0.717, 1.165) is 12.8 Å². The summed E-state index contributed by atoms with van der Waals surface area (Å²) in [5.74, 6) is -1.32. The first-order chi connectivity index (χ1) is 8.04. The van der Waals surface area contributed by atoms with E-state index < -0.39 is 11.6 Å². The molecule has 17 heavy (non-hydrogen) atoms. The Morgan fingerprint density at radius 1 is 1.47 bits per heavy atom. The van der Waals surface area contributed by atoms with E-state index >= 15 is 0 Å². The molecule has 5 heteroatoms. The Hall–Kier alpha value is -1.23. The number of hydrogen-bond acceptors (Lipinski definition) is 2. The van der Waals surface area contributed by atoms with Crippen molar-refractivity contribution in [2.75, 3.05) is 5.32 Å². The van der Waals surface area contributed by atoms with Crippen LogP contribution in [0.1, 0.15) is 25.3 Å². The van der Waals surface area contributed by atoms with Crippen molar-refractivity contribution in [2.24, 2.45) is 11.7 Å². The minimum absolute atomic E-state index is 0.0501. The van der Waals surface area contributed by atoms with Crippen LogP contribution < -0.4 is 11.1 Å². The number of thiocarbonyl (C=S) groups is 1. The number of anilines is 1. The lowest BCUT2D eigenvalue weighted by molar-refractivity contribution is 0.509. The molecule has 0 saturated heterocycles. The molecule has 2 rings (SSSR count). The molecule has 1 fully saturated rings. The van der Waals surface area contributed by atoms with Crippen molar-refractivity contribution in [3.05, 3.63) is 29.3 Å². The molecule has 0 aromatic heterocycles. The Bertz CT molecular complexity index is 462. The van der Waals surface area contributed by atoms with Crippen LogP contribution in [0.4, 0.5) is 14.5 Å². The molecule has 2 atom stereocenters. The second kappa shape index (κ2) is 4.56. The van der Waals surface area contributed by atoms with E-state index in [2.05, 4.69) is 24.5 Å². The van der Waals surface area contributed by atoms with Gasteiger partial charge in [-0.25, -0.2) is 8.78 Å². The SMILES string of the molecule is CCC1CC1Nc1ccc(C(N)=S)c(F)c1F. The topological polar surface area (TPSA) is 38.0 Å². The van der Waals surface area contributed by atoms with Crippen LogP contribution >= 0.6 is 12.2 Å². The average Bonchev–Trinajstić information content (AvgIpc) is 3.03. The Morgan fingerprint density at radius 2 is 2.18 bits per heavy atom. The fourth-order valence-electron chi connectivity index (χ4n) is 1.93. The largest absolute Gasteiger partial charge is 0.389 e. The lowest BCUT2D eigenvalue weighted by atomic mass is 10.1. The molecule has 3 N–H and O–H groups in total. The van der Waals surface area contributed by atoms with Crippen LogP contribution in [0.25, 0.3) is 0 Å². The van der Waals surface area contributed by atoms with Gasteiger partial charge in [-0.1, -0.05) is 25.6 Å². The number of rotatable bonds is 4. The fourth-order valence-corrected chi connectivity index (χ4v) is 2.08. The molecule has 0 spiro atoms. The summed E-state index contributed by atoms with van der Waals surface area (Å²) in [6.07, 6.45) is 2.06. The first kappa shape index (κ1) is 12.2. The molecule has 0 radical (unpaired) electrons. The standard InChI is InChI=1S/C12H14F2N2S/c1-2-6-5-9(6)16-8-4-3-7(12(15)17)10(13)11(8)14/h3-4,6,9,16H,2,5H2,1H3,(H2,15,17). The van der Waals surface area contributed by atoms with Crippen molar-refractivity contribution in [1.82, 2.24) is 0 Å². The molecular weight excluding hydrogens is 242 g/mol. The van der Waals surface area contributed by atoms with Crippen molar-refractivity contribution in [3.8, 4) is 0 Å². The zero-order valence-electron chi connectivity index (χ0n) is 9.47. The molecule has 1 aromatic carbocycles. The third kappa shape index (κ3) is 2.39. The Labute approximate surface area is 104 Å². The van der Waals surface area contributed by atoms with Crippen LogP contribution in [0, 0.1) is 17.6 Å². The van der Waals surface area contributed by atoms with Crippen molar-refractivity contribution < 1.29 is 8.78 Å². The number of hydrogen-bond donors (Lipinski definition) is 2. The summed E-state index contributed by atoms with van der Waals surface area (Å²) in [6.45, 7) is 2.08. The summed E-state index contributed by atoms with van der Waals surface area (Å²) < 4.78 is 27.3.